The molecule has 2 aromatic rings. The van der Waals surface area contributed by atoms with Crippen LogP contribution >= 0.6 is 0 Å². The first kappa shape index (κ1) is 18.2. The molecule has 1 aliphatic rings. The van der Waals surface area contributed by atoms with Crippen molar-refractivity contribution < 1.29 is 9.53 Å². The number of hydrogen-bond acceptors (Lipinski definition) is 2. The van der Waals surface area contributed by atoms with E-state index in [2.05, 4.69) is 31.2 Å². The Hall–Kier alpha value is -2.61. The summed E-state index contributed by atoms with van der Waals surface area (Å²) in [4.78, 5) is 13.1. The Balaban J connectivity index is 1.95. The Morgan fingerprint density at radius 1 is 1.15 bits per heavy atom. The van der Waals surface area contributed by atoms with E-state index in [9.17, 15) is 4.79 Å². The molecule has 0 N–H and O–H groups in total. The normalized spacial score (nSPS) is 14.7. The summed E-state index contributed by atoms with van der Waals surface area (Å²) >= 11 is 0. The van der Waals surface area contributed by atoms with Crippen LogP contribution in [-0.2, 0) is 0 Å². The minimum atomic E-state index is 0.0824. The van der Waals surface area contributed by atoms with E-state index in [1.807, 2.05) is 44.2 Å². The lowest BCUT2D eigenvalue weighted by Gasteiger charge is -2.11. The quantitative estimate of drug-likeness (QED) is 0.460. The Morgan fingerprint density at radius 3 is 2.58 bits per heavy atom. The van der Waals surface area contributed by atoms with Gasteiger partial charge in [-0.2, -0.15) is 0 Å². The number of methoxy groups -OCH3 is 1. The van der Waals surface area contributed by atoms with Crippen molar-refractivity contribution in [2.24, 2.45) is 0 Å². The van der Waals surface area contributed by atoms with Gasteiger partial charge >= 0.3 is 0 Å². The number of carbonyl (C=O) groups is 1. The van der Waals surface area contributed by atoms with Gasteiger partial charge in [-0.1, -0.05) is 30.4 Å². The molecule has 0 radical (unpaired) electrons. The van der Waals surface area contributed by atoms with Crippen molar-refractivity contribution in [1.29, 1.82) is 0 Å². The molecule has 0 unspecified atom stereocenters. The number of ketones is 1. The second-order valence-corrected chi connectivity index (χ2v) is 7.00. The van der Waals surface area contributed by atoms with Crippen molar-refractivity contribution in [3.05, 3.63) is 75.9 Å². The summed E-state index contributed by atoms with van der Waals surface area (Å²) in [6.45, 7) is 6.01. The number of aryl methyl sites for hydroxylation is 1. The summed E-state index contributed by atoms with van der Waals surface area (Å²) in [6.07, 6.45) is 8.44. The van der Waals surface area contributed by atoms with Crippen LogP contribution in [0.25, 0.3) is 12.2 Å². The molecule has 0 heterocycles. The van der Waals surface area contributed by atoms with Crippen LogP contribution in [0.1, 0.15) is 65.2 Å². The fourth-order valence-corrected chi connectivity index (χ4v) is 3.25. The number of ether oxygens (including phenoxy) is 1. The van der Waals surface area contributed by atoms with Gasteiger partial charge in [-0.05, 0) is 91.6 Å². The smallest absolute Gasteiger partial charge is 0.189 e. The number of allylic oxidation sites excluding steroid dienone is 2. The van der Waals surface area contributed by atoms with E-state index >= 15 is 0 Å². The lowest BCUT2D eigenvalue weighted by atomic mass is 9.94. The Labute approximate surface area is 156 Å². The molecule has 0 bridgehead atoms. The van der Waals surface area contributed by atoms with Crippen LogP contribution < -0.4 is 4.74 Å². The highest BCUT2D eigenvalue weighted by Crippen LogP contribution is 2.43. The highest BCUT2D eigenvalue weighted by molar-refractivity contribution is 6.12. The molecule has 3 rings (SSSR count). The summed E-state index contributed by atoms with van der Waals surface area (Å²) < 4.78 is 5.33. The summed E-state index contributed by atoms with van der Waals surface area (Å²) in [7, 11) is 1.64. The third kappa shape index (κ3) is 3.96. The van der Waals surface area contributed by atoms with Crippen LogP contribution in [0.5, 0.6) is 5.75 Å². The van der Waals surface area contributed by atoms with E-state index in [-0.39, 0.29) is 5.78 Å². The third-order valence-corrected chi connectivity index (χ3v) is 4.91. The molecule has 1 fully saturated rings. The predicted molar refractivity (Wildman–Crippen MR) is 109 cm³/mol. The molecular formula is C24H26O2. The van der Waals surface area contributed by atoms with Gasteiger partial charge in [-0.3, -0.25) is 4.79 Å². The molecule has 0 saturated heterocycles. The first-order valence-corrected chi connectivity index (χ1v) is 9.17. The van der Waals surface area contributed by atoms with Crippen LogP contribution in [-0.4, -0.2) is 12.9 Å². The standard InChI is InChI=1S/C24H26O2/c1-5-6-20-14-18(8-7-16(20)2)13-17(3)24(25)23-15-21(26-4)11-12-22(23)19-9-10-19/h5-8,11-15,19H,9-10H2,1-4H3/b6-5-,17-13+. The zero-order valence-electron chi connectivity index (χ0n) is 16.0. The van der Waals surface area contributed by atoms with E-state index in [4.69, 9.17) is 4.74 Å². The fraction of sp³-hybridized carbons (Fsp3) is 0.292. The van der Waals surface area contributed by atoms with E-state index in [0.717, 1.165) is 28.0 Å². The van der Waals surface area contributed by atoms with Crippen molar-refractivity contribution >= 4 is 17.9 Å². The molecule has 2 nitrogen and oxygen atoms in total. The number of Topliss-reactive ketones (excluding diaryl/α,β-unsaturated/α-hetero) is 1. The minimum absolute atomic E-state index is 0.0824. The van der Waals surface area contributed by atoms with Crippen LogP contribution in [0.3, 0.4) is 0 Å². The van der Waals surface area contributed by atoms with Gasteiger partial charge in [0.25, 0.3) is 0 Å². The lowest BCUT2D eigenvalue weighted by Crippen LogP contribution is -2.05. The lowest BCUT2D eigenvalue weighted by molar-refractivity contribution is 0.103. The molecule has 0 amide bonds. The minimum Gasteiger partial charge on any atom is -0.497 e. The Bertz CT molecular complexity index is 883. The Morgan fingerprint density at radius 2 is 1.92 bits per heavy atom. The predicted octanol–water partition coefficient (Wildman–Crippen LogP) is 6.20. The SMILES string of the molecule is C/C=C\c1cc(/C=C(\C)C(=O)c2cc(OC)ccc2C2CC2)ccc1C. The van der Waals surface area contributed by atoms with Crippen LogP contribution in [0.2, 0.25) is 0 Å². The van der Waals surface area contributed by atoms with Crippen LogP contribution in [0.4, 0.5) is 0 Å². The molecule has 0 atom stereocenters. The molecule has 0 aromatic heterocycles. The molecule has 2 aromatic carbocycles. The Kier molecular flexibility index (Phi) is 5.41. The number of benzene rings is 2. The summed E-state index contributed by atoms with van der Waals surface area (Å²) in [5.41, 5.74) is 6.14. The van der Waals surface area contributed by atoms with E-state index < -0.39 is 0 Å². The monoisotopic (exact) mass is 346 g/mol. The summed E-state index contributed by atoms with van der Waals surface area (Å²) in [5.74, 6) is 1.34. The van der Waals surface area contributed by atoms with Gasteiger partial charge in [0.15, 0.2) is 5.78 Å². The van der Waals surface area contributed by atoms with Gasteiger partial charge in [0, 0.05) is 5.56 Å². The summed E-state index contributed by atoms with van der Waals surface area (Å²) in [6, 6.07) is 12.2. The van der Waals surface area contributed by atoms with E-state index in [1.54, 1.807) is 7.11 Å². The highest BCUT2D eigenvalue weighted by Gasteiger charge is 2.28. The number of rotatable bonds is 6. The average molecular weight is 346 g/mol. The van der Waals surface area contributed by atoms with Crippen LogP contribution in [0.15, 0.2) is 48.0 Å². The van der Waals surface area contributed by atoms with Crippen LogP contribution in [0, 0.1) is 6.92 Å². The molecule has 0 spiro atoms. The second kappa shape index (κ2) is 7.74. The molecular weight excluding hydrogens is 320 g/mol. The number of carbonyl (C=O) groups excluding carboxylic acids is 1. The van der Waals surface area contributed by atoms with Crippen molar-refractivity contribution in [3.63, 3.8) is 0 Å². The van der Waals surface area contributed by atoms with E-state index in [0.29, 0.717) is 5.92 Å². The summed E-state index contributed by atoms with van der Waals surface area (Å²) in [5, 5.41) is 0. The first-order valence-electron chi connectivity index (χ1n) is 9.17. The average Bonchev–Trinajstić information content (AvgIpc) is 3.48. The maximum absolute atomic E-state index is 13.1. The van der Waals surface area contributed by atoms with Gasteiger partial charge in [0.05, 0.1) is 7.11 Å². The first-order chi connectivity index (χ1) is 12.5. The zero-order chi connectivity index (χ0) is 18.7. The van der Waals surface area contributed by atoms with Crippen molar-refractivity contribution in [1.82, 2.24) is 0 Å². The van der Waals surface area contributed by atoms with Crippen molar-refractivity contribution in [2.45, 2.75) is 39.5 Å². The number of hydrogen-bond donors (Lipinski definition) is 0. The van der Waals surface area contributed by atoms with Gasteiger partial charge in [0.1, 0.15) is 5.75 Å². The maximum atomic E-state index is 13.1. The highest BCUT2D eigenvalue weighted by atomic mass is 16.5. The molecule has 1 aliphatic carbocycles. The fourth-order valence-electron chi connectivity index (χ4n) is 3.25. The van der Waals surface area contributed by atoms with Crippen molar-refractivity contribution in [3.8, 4) is 5.75 Å². The van der Waals surface area contributed by atoms with Gasteiger partial charge in [-0.15, -0.1) is 0 Å². The van der Waals surface area contributed by atoms with Gasteiger partial charge < -0.3 is 4.74 Å². The van der Waals surface area contributed by atoms with Gasteiger partial charge in [0.2, 0.25) is 0 Å². The van der Waals surface area contributed by atoms with E-state index in [1.165, 1.54) is 24.0 Å². The third-order valence-electron chi connectivity index (χ3n) is 4.91. The molecule has 1 saturated carbocycles. The maximum Gasteiger partial charge on any atom is 0.189 e. The largest absolute Gasteiger partial charge is 0.497 e. The molecule has 26 heavy (non-hydrogen) atoms. The van der Waals surface area contributed by atoms with Gasteiger partial charge in [-0.25, -0.2) is 0 Å². The molecule has 134 valence electrons. The zero-order valence-corrected chi connectivity index (χ0v) is 16.0. The topological polar surface area (TPSA) is 26.3 Å². The second-order valence-electron chi connectivity index (χ2n) is 7.00. The van der Waals surface area contributed by atoms with Crippen molar-refractivity contribution in [2.75, 3.05) is 7.11 Å². The molecule has 0 aliphatic heterocycles. The molecule has 2 heteroatoms.